The van der Waals surface area contributed by atoms with Gasteiger partial charge in [-0.25, -0.2) is 4.98 Å². The minimum Gasteiger partial charge on any atom is -0.382 e. The Morgan fingerprint density at radius 2 is 1.61 bits per heavy atom. The minimum atomic E-state index is -0.461. The topological polar surface area (TPSA) is 90.0 Å². The summed E-state index contributed by atoms with van der Waals surface area (Å²) in [5.74, 6) is -0.0910. The molecule has 0 unspecified atom stereocenters. The zero-order valence-corrected chi connectivity index (χ0v) is 18.3. The van der Waals surface area contributed by atoms with Crippen LogP contribution in [-0.4, -0.2) is 15.5 Å². The molecule has 4 rings (SSSR count). The second-order valence-electron chi connectivity index (χ2n) is 7.00. The Labute approximate surface area is 187 Å². The average molecular weight is 475 g/mol. The Hall–Kier alpha value is -3.71. The van der Waals surface area contributed by atoms with E-state index in [0.29, 0.717) is 22.6 Å². The summed E-state index contributed by atoms with van der Waals surface area (Å²) in [6, 6.07) is 23.6. The van der Waals surface area contributed by atoms with Crippen LogP contribution in [-0.2, 0) is 0 Å². The van der Waals surface area contributed by atoms with Gasteiger partial charge in [0.05, 0.1) is 5.69 Å². The standard InChI is InChI=1S/C24H19BrN4O2/c1-15-7-9-17(10-8-15)23(30)27-20-21(26)28-22(16-11-13-18(25)14-12-16)29(24(20)31)19-5-3-2-4-6-19/h2-14H,26H2,1H3,(H,27,30). The summed E-state index contributed by atoms with van der Waals surface area (Å²) in [6.45, 7) is 1.93. The zero-order chi connectivity index (χ0) is 22.0. The SMILES string of the molecule is Cc1ccc(C(=O)Nc2c(N)nc(-c3ccc(Br)cc3)n(-c3ccccc3)c2=O)cc1. The Bertz CT molecular complexity index is 1300. The van der Waals surface area contributed by atoms with E-state index < -0.39 is 11.5 Å². The molecule has 0 saturated heterocycles. The van der Waals surface area contributed by atoms with Gasteiger partial charge in [0.15, 0.2) is 11.5 Å². The predicted molar refractivity (Wildman–Crippen MR) is 127 cm³/mol. The number of hydrogen-bond acceptors (Lipinski definition) is 4. The lowest BCUT2D eigenvalue weighted by molar-refractivity contribution is 0.102. The highest BCUT2D eigenvalue weighted by atomic mass is 79.9. The molecule has 1 amide bonds. The second-order valence-corrected chi connectivity index (χ2v) is 7.91. The molecular formula is C24H19BrN4O2. The van der Waals surface area contributed by atoms with Crippen LogP contribution in [0, 0.1) is 6.92 Å². The highest BCUT2D eigenvalue weighted by Gasteiger charge is 2.20. The molecule has 0 saturated carbocycles. The maximum absolute atomic E-state index is 13.5. The van der Waals surface area contributed by atoms with Gasteiger partial charge in [0, 0.05) is 15.6 Å². The van der Waals surface area contributed by atoms with Gasteiger partial charge in [0.25, 0.3) is 11.5 Å². The van der Waals surface area contributed by atoms with E-state index in [4.69, 9.17) is 5.73 Å². The summed E-state index contributed by atoms with van der Waals surface area (Å²) >= 11 is 3.41. The van der Waals surface area contributed by atoms with E-state index in [-0.39, 0.29) is 11.5 Å². The Balaban J connectivity index is 1.86. The number of aryl methyl sites for hydroxylation is 1. The molecule has 0 aliphatic carbocycles. The van der Waals surface area contributed by atoms with Crippen LogP contribution in [0.25, 0.3) is 17.1 Å². The smallest absolute Gasteiger partial charge is 0.284 e. The molecule has 1 aromatic heterocycles. The number of nitrogen functional groups attached to an aromatic ring is 1. The van der Waals surface area contributed by atoms with Crippen molar-refractivity contribution in [2.75, 3.05) is 11.1 Å². The minimum absolute atomic E-state index is 0.0458. The van der Waals surface area contributed by atoms with Crippen LogP contribution in [0.1, 0.15) is 15.9 Å². The fourth-order valence-corrected chi connectivity index (χ4v) is 3.42. The van der Waals surface area contributed by atoms with Crippen LogP contribution in [0.2, 0.25) is 0 Å². The molecule has 0 bridgehead atoms. The third kappa shape index (κ3) is 4.27. The summed E-state index contributed by atoms with van der Waals surface area (Å²) in [4.78, 5) is 30.7. The zero-order valence-electron chi connectivity index (χ0n) is 16.7. The first-order chi connectivity index (χ1) is 14.9. The van der Waals surface area contributed by atoms with Gasteiger partial charge in [-0.3, -0.25) is 14.2 Å². The van der Waals surface area contributed by atoms with Crippen LogP contribution >= 0.6 is 15.9 Å². The van der Waals surface area contributed by atoms with Gasteiger partial charge in [-0.1, -0.05) is 64.0 Å². The van der Waals surface area contributed by atoms with Gasteiger partial charge < -0.3 is 11.1 Å². The van der Waals surface area contributed by atoms with E-state index in [0.717, 1.165) is 10.0 Å². The molecule has 7 heteroatoms. The molecule has 4 aromatic rings. The fraction of sp³-hybridized carbons (Fsp3) is 0.0417. The molecule has 0 spiro atoms. The van der Waals surface area contributed by atoms with Crippen molar-refractivity contribution in [1.29, 1.82) is 0 Å². The van der Waals surface area contributed by atoms with Gasteiger partial charge in [-0.05, 0) is 43.3 Å². The number of nitrogens with one attached hydrogen (secondary N) is 1. The average Bonchev–Trinajstić information content (AvgIpc) is 2.78. The number of hydrogen-bond donors (Lipinski definition) is 2. The highest BCUT2D eigenvalue weighted by molar-refractivity contribution is 9.10. The van der Waals surface area contributed by atoms with Crippen molar-refractivity contribution in [3.63, 3.8) is 0 Å². The number of para-hydroxylation sites is 1. The van der Waals surface area contributed by atoms with Gasteiger partial charge in [-0.2, -0.15) is 0 Å². The maximum atomic E-state index is 13.5. The quantitative estimate of drug-likeness (QED) is 0.444. The lowest BCUT2D eigenvalue weighted by Gasteiger charge is -2.16. The van der Waals surface area contributed by atoms with E-state index in [1.807, 2.05) is 61.5 Å². The molecule has 0 aliphatic rings. The van der Waals surface area contributed by atoms with Crippen LogP contribution in [0.3, 0.4) is 0 Å². The van der Waals surface area contributed by atoms with Crippen LogP contribution in [0.5, 0.6) is 0 Å². The molecule has 3 aromatic carbocycles. The number of benzene rings is 3. The van der Waals surface area contributed by atoms with Crippen molar-refractivity contribution in [1.82, 2.24) is 9.55 Å². The molecule has 0 atom stereocenters. The first kappa shape index (κ1) is 20.6. The molecule has 31 heavy (non-hydrogen) atoms. The lowest BCUT2D eigenvalue weighted by Crippen LogP contribution is -2.28. The monoisotopic (exact) mass is 474 g/mol. The molecule has 3 N–H and O–H groups in total. The Morgan fingerprint density at radius 1 is 0.968 bits per heavy atom. The first-order valence-electron chi connectivity index (χ1n) is 9.56. The van der Waals surface area contributed by atoms with Crippen LogP contribution < -0.4 is 16.6 Å². The maximum Gasteiger partial charge on any atom is 0.284 e. The Morgan fingerprint density at radius 3 is 2.26 bits per heavy atom. The summed E-state index contributed by atoms with van der Waals surface area (Å²) in [5.41, 5.74) is 8.40. The van der Waals surface area contributed by atoms with Crippen molar-refractivity contribution in [2.45, 2.75) is 6.92 Å². The summed E-state index contributed by atoms with van der Waals surface area (Å²) < 4.78 is 2.35. The van der Waals surface area contributed by atoms with E-state index in [1.165, 1.54) is 4.57 Å². The third-order valence-corrected chi connectivity index (χ3v) is 5.31. The van der Waals surface area contributed by atoms with Crippen molar-refractivity contribution in [3.05, 3.63) is 105 Å². The van der Waals surface area contributed by atoms with E-state index in [9.17, 15) is 9.59 Å². The molecule has 0 aliphatic heterocycles. The predicted octanol–water partition coefficient (Wildman–Crippen LogP) is 4.80. The molecule has 0 fully saturated rings. The van der Waals surface area contributed by atoms with Crippen molar-refractivity contribution in [3.8, 4) is 17.1 Å². The fourth-order valence-electron chi connectivity index (χ4n) is 3.15. The number of halogens is 1. The van der Waals surface area contributed by atoms with E-state index in [2.05, 4.69) is 26.2 Å². The van der Waals surface area contributed by atoms with Gasteiger partial charge in [0.2, 0.25) is 0 Å². The van der Waals surface area contributed by atoms with Crippen LogP contribution in [0.15, 0.2) is 88.1 Å². The van der Waals surface area contributed by atoms with Gasteiger partial charge in [-0.15, -0.1) is 0 Å². The van der Waals surface area contributed by atoms with Crippen LogP contribution in [0.4, 0.5) is 11.5 Å². The summed E-state index contributed by atoms with van der Waals surface area (Å²) in [5, 5.41) is 2.64. The van der Waals surface area contributed by atoms with Crippen molar-refractivity contribution >= 4 is 33.3 Å². The lowest BCUT2D eigenvalue weighted by atomic mass is 10.1. The normalized spacial score (nSPS) is 10.6. The number of carbonyl (C=O) groups is 1. The largest absolute Gasteiger partial charge is 0.382 e. The number of nitrogens with two attached hydrogens (primary N) is 1. The number of aromatic nitrogens is 2. The van der Waals surface area contributed by atoms with Gasteiger partial charge in [0.1, 0.15) is 5.82 Å². The van der Waals surface area contributed by atoms with Crippen molar-refractivity contribution in [2.24, 2.45) is 0 Å². The molecule has 154 valence electrons. The second kappa shape index (κ2) is 8.57. The number of carbonyl (C=O) groups excluding carboxylic acids is 1. The third-order valence-electron chi connectivity index (χ3n) is 4.78. The van der Waals surface area contributed by atoms with E-state index >= 15 is 0 Å². The number of nitrogens with zero attached hydrogens (tertiary/aromatic N) is 2. The Kier molecular flexibility index (Phi) is 5.68. The van der Waals surface area contributed by atoms with Crippen molar-refractivity contribution < 1.29 is 4.79 Å². The molecule has 1 heterocycles. The molecule has 6 nitrogen and oxygen atoms in total. The first-order valence-corrected chi connectivity index (χ1v) is 10.4. The number of rotatable bonds is 4. The highest BCUT2D eigenvalue weighted by Crippen LogP contribution is 2.25. The number of amides is 1. The molecule has 0 radical (unpaired) electrons. The van der Waals surface area contributed by atoms with E-state index in [1.54, 1.807) is 24.3 Å². The molecular weight excluding hydrogens is 456 g/mol. The number of anilines is 2. The summed E-state index contributed by atoms with van der Waals surface area (Å²) in [6.07, 6.45) is 0. The van der Waals surface area contributed by atoms with Gasteiger partial charge >= 0.3 is 0 Å². The summed E-state index contributed by atoms with van der Waals surface area (Å²) in [7, 11) is 0.